The minimum Gasteiger partial charge on any atom is -0.355 e. The summed E-state index contributed by atoms with van der Waals surface area (Å²) in [6.07, 6.45) is 7.76. The van der Waals surface area contributed by atoms with Gasteiger partial charge in [0.15, 0.2) is 0 Å². The van der Waals surface area contributed by atoms with Crippen LogP contribution in [-0.4, -0.2) is 48.9 Å². The Hall–Kier alpha value is -0.810. The van der Waals surface area contributed by atoms with Crippen molar-refractivity contribution >= 4 is 24.2 Å². The van der Waals surface area contributed by atoms with E-state index >= 15 is 0 Å². The molecule has 1 heterocycles. The molecule has 25 heavy (non-hydrogen) atoms. The molecule has 0 unspecified atom stereocenters. The number of hydrogen-bond donors (Lipinski definition) is 2. The van der Waals surface area contributed by atoms with E-state index in [-0.39, 0.29) is 35.7 Å². The molecule has 0 aromatic rings. The van der Waals surface area contributed by atoms with E-state index in [1.165, 1.54) is 19.3 Å². The van der Waals surface area contributed by atoms with Crippen molar-refractivity contribution in [3.63, 3.8) is 0 Å². The van der Waals surface area contributed by atoms with Gasteiger partial charge in [-0.15, -0.1) is 12.4 Å². The average molecular weight is 370 g/mol. The van der Waals surface area contributed by atoms with Crippen molar-refractivity contribution in [2.75, 3.05) is 26.2 Å². The second-order valence-corrected chi connectivity index (χ2v) is 8.84. The molecule has 5 nitrogen and oxygen atoms in total. The average Bonchev–Trinajstić information content (AvgIpc) is 2.53. The zero-order valence-corrected chi connectivity index (χ0v) is 16.1. The van der Waals surface area contributed by atoms with Crippen molar-refractivity contribution in [3.8, 4) is 0 Å². The summed E-state index contributed by atoms with van der Waals surface area (Å²) < 4.78 is 0. The highest BCUT2D eigenvalue weighted by Gasteiger charge is 2.54. The predicted molar refractivity (Wildman–Crippen MR) is 99.5 cm³/mol. The molecule has 5 aliphatic rings. The van der Waals surface area contributed by atoms with E-state index in [0.29, 0.717) is 13.0 Å². The smallest absolute Gasteiger partial charge is 0.226 e. The molecule has 0 aromatic heterocycles. The monoisotopic (exact) mass is 369 g/mol. The molecular weight excluding hydrogens is 338 g/mol. The van der Waals surface area contributed by atoms with Gasteiger partial charge >= 0.3 is 0 Å². The summed E-state index contributed by atoms with van der Waals surface area (Å²) in [5.41, 5.74) is -0.0971. The van der Waals surface area contributed by atoms with Crippen LogP contribution in [0.15, 0.2) is 0 Å². The minimum atomic E-state index is -0.0971. The SMILES string of the molecule is C[C@H]1CNCCN1C(=O)CCNC(=O)C12CC3CC(CC(C3)C1)C2.Cl. The molecule has 2 N–H and O–H groups in total. The Bertz CT molecular complexity index is 490. The van der Waals surface area contributed by atoms with Crippen molar-refractivity contribution in [2.45, 2.75) is 57.9 Å². The lowest BCUT2D eigenvalue weighted by Crippen LogP contribution is -2.54. The maximum atomic E-state index is 12.9. The van der Waals surface area contributed by atoms with Crippen LogP contribution in [0.3, 0.4) is 0 Å². The number of carbonyl (C=O) groups excluding carboxylic acids is 2. The molecule has 4 bridgehead atoms. The zero-order chi connectivity index (χ0) is 16.7. The van der Waals surface area contributed by atoms with E-state index in [1.54, 1.807) is 0 Å². The van der Waals surface area contributed by atoms with Gasteiger partial charge in [0.05, 0.1) is 0 Å². The Labute approximate surface area is 157 Å². The lowest BCUT2D eigenvalue weighted by Gasteiger charge is -2.55. The quantitative estimate of drug-likeness (QED) is 0.796. The van der Waals surface area contributed by atoms with Crippen molar-refractivity contribution in [3.05, 3.63) is 0 Å². The number of amides is 2. The summed E-state index contributed by atoms with van der Waals surface area (Å²) in [6.45, 7) is 5.10. The molecule has 0 radical (unpaired) electrons. The van der Waals surface area contributed by atoms with Crippen LogP contribution >= 0.6 is 12.4 Å². The maximum absolute atomic E-state index is 12.9. The third-order valence-electron chi connectivity index (χ3n) is 6.97. The van der Waals surface area contributed by atoms with Crippen molar-refractivity contribution in [1.29, 1.82) is 0 Å². The van der Waals surface area contributed by atoms with Gasteiger partial charge in [0, 0.05) is 44.1 Å². The minimum absolute atomic E-state index is 0. The number of piperazine rings is 1. The molecule has 1 atom stereocenters. The second kappa shape index (κ2) is 7.43. The van der Waals surface area contributed by atoms with Gasteiger partial charge < -0.3 is 15.5 Å². The standard InChI is InChI=1S/C19H31N3O2.ClH/c1-13-12-20-4-5-22(13)17(23)2-3-21-18(24)19-9-14-6-15(10-19)8-16(7-14)11-19;/h13-16,20H,2-12H2,1H3,(H,21,24);1H/t13-,14?,15?,16?,19?;/m0./s1. The third-order valence-corrected chi connectivity index (χ3v) is 6.97. The molecule has 142 valence electrons. The van der Waals surface area contributed by atoms with Gasteiger partial charge in [-0.3, -0.25) is 9.59 Å². The van der Waals surface area contributed by atoms with Crippen LogP contribution in [0, 0.1) is 23.2 Å². The predicted octanol–water partition coefficient (Wildman–Crippen LogP) is 1.95. The molecule has 2 amide bonds. The molecule has 1 aliphatic heterocycles. The van der Waals surface area contributed by atoms with Crippen LogP contribution in [0.5, 0.6) is 0 Å². The van der Waals surface area contributed by atoms with Gasteiger partial charge in [-0.25, -0.2) is 0 Å². The number of rotatable bonds is 4. The number of nitrogens with one attached hydrogen (secondary N) is 2. The first kappa shape index (κ1) is 19.0. The van der Waals surface area contributed by atoms with Gasteiger partial charge in [-0.2, -0.15) is 0 Å². The van der Waals surface area contributed by atoms with Crippen LogP contribution in [0.2, 0.25) is 0 Å². The molecule has 0 aromatic carbocycles. The Morgan fingerprint density at radius 1 is 1.12 bits per heavy atom. The fourth-order valence-corrected chi connectivity index (χ4v) is 6.21. The van der Waals surface area contributed by atoms with E-state index in [1.807, 2.05) is 4.90 Å². The fraction of sp³-hybridized carbons (Fsp3) is 0.895. The summed E-state index contributed by atoms with van der Waals surface area (Å²) in [5, 5.41) is 6.43. The van der Waals surface area contributed by atoms with Crippen LogP contribution in [0.1, 0.15) is 51.9 Å². The lowest BCUT2D eigenvalue weighted by atomic mass is 9.49. The number of halogens is 1. The molecule has 5 fully saturated rings. The number of hydrogen-bond acceptors (Lipinski definition) is 3. The van der Waals surface area contributed by atoms with Crippen LogP contribution in [0.4, 0.5) is 0 Å². The highest BCUT2D eigenvalue weighted by Crippen LogP contribution is 2.60. The van der Waals surface area contributed by atoms with Gasteiger partial charge in [0.1, 0.15) is 0 Å². The van der Waals surface area contributed by atoms with E-state index in [4.69, 9.17) is 0 Å². The van der Waals surface area contributed by atoms with Gasteiger partial charge in [-0.1, -0.05) is 0 Å². The first-order chi connectivity index (χ1) is 11.6. The van der Waals surface area contributed by atoms with E-state index < -0.39 is 0 Å². The Balaban J connectivity index is 0.00000182. The first-order valence-electron chi connectivity index (χ1n) is 9.84. The first-order valence-corrected chi connectivity index (χ1v) is 9.84. The summed E-state index contributed by atoms with van der Waals surface area (Å²) in [7, 11) is 0. The number of nitrogens with zero attached hydrogens (tertiary/aromatic N) is 1. The molecule has 4 aliphatic carbocycles. The highest BCUT2D eigenvalue weighted by molar-refractivity contribution is 5.85. The summed E-state index contributed by atoms with van der Waals surface area (Å²) >= 11 is 0. The lowest BCUT2D eigenvalue weighted by molar-refractivity contribution is -0.146. The second-order valence-electron chi connectivity index (χ2n) is 8.84. The third kappa shape index (κ3) is 3.68. The zero-order valence-electron chi connectivity index (χ0n) is 15.3. The Morgan fingerprint density at radius 3 is 2.28 bits per heavy atom. The van der Waals surface area contributed by atoms with Crippen LogP contribution in [0.25, 0.3) is 0 Å². The molecule has 4 saturated carbocycles. The van der Waals surface area contributed by atoms with E-state index in [9.17, 15) is 9.59 Å². The van der Waals surface area contributed by atoms with Gasteiger partial charge in [0.2, 0.25) is 11.8 Å². The highest BCUT2D eigenvalue weighted by atomic mass is 35.5. The Morgan fingerprint density at radius 2 is 1.72 bits per heavy atom. The molecule has 0 spiro atoms. The maximum Gasteiger partial charge on any atom is 0.226 e. The summed E-state index contributed by atoms with van der Waals surface area (Å²) in [6, 6.07) is 0.255. The topological polar surface area (TPSA) is 61.4 Å². The van der Waals surface area contributed by atoms with Crippen molar-refractivity contribution < 1.29 is 9.59 Å². The molecule has 6 heteroatoms. The van der Waals surface area contributed by atoms with Gasteiger partial charge in [0.25, 0.3) is 0 Å². The van der Waals surface area contributed by atoms with E-state index in [2.05, 4.69) is 17.6 Å². The van der Waals surface area contributed by atoms with E-state index in [0.717, 1.165) is 56.7 Å². The van der Waals surface area contributed by atoms with Crippen LogP contribution < -0.4 is 10.6 Å². The van der Waals surface area contributed by atoms with Crippen molar-refractivity contribution in [1.82, 2.24) is 15.5 Å². The van der Waals surface area contributed by atoms with Gasteiger partial charge in [-0.05, 0) is 63.2 Å². The number of carbonyl (C=O) groups is 2. The molecular formula is C19H32ClN3O2. The Kier molecular flexibility index (Phi) is 5.64. The van der Waals surface area contributed by atoms with Crippen molar-refractivity contribution in [2.24, 2.45) is 23.2 Å². The largest absolute Gasteiger partial charge is 0.355 e. The molecule has 5 rings (SSSR count). The normalized spacial score (nSPS) is 39.0. The summed E-state index contributed by atoms with van der Waals surface area (Å²) in [5.74, 6) is 2.76. The summed E-state index contributed by atoms with van der Waals surface area (Å²) in [4.78, 5) is 27.2. The molecule has 1 saturated heterocycles. The fourth-order valence-electron chi connectivity index (χ4n) is 6.21. The van der Waals surface area contributed by atoms with Crippen LogP contribution in [-0.2, 0) is 9.59 Å².